The van der Waals surface area contributed by atoms with Crippen molar-refractivity contribution in [3.8, 4) is 33.6 Å². The quantitative estimate of drug-likeness (QED) is 0.175. The number of hydrogen-bond acceptors (Lipinski definition) is 0. The van der Waals surface area contributed by atoms with Crippen LogP contribution in [0.5, 0.6) is 0 Å². The van der Waals surface area contributed by atoms with Crippen LogP contribution in [0.4, 0.5) is 0 Å². The molecule has 0 bridgehead atoms. The molecule has 2 heterocycles. The van der Waals surface area contributed by atoms with E-state index in [2.05, 4.69) is 205 Å². The molecule has 2 aliphatic rings. The first-order valence-corrected chi connectivity index (χ1v) is 18.8. The molecule has 0 amide bonds. The Morgan fingerprint density at radius 2 is 0.925 bits per heavy atom. The van der Waals surface area contributed by atoms with Gasteiger partial charge in [0.2, 0.25) is 0 Å². The topological polar surface area (TPSA) is 9.86 Å². The maximum absolute atomic E-state index is 2.50. The minimum atomic E-state index is 0.0535. The molecule has 2 aromatic heterocycles. The van der Waals surface area contributed by atoms with Gasteiger partial charge >= 0.3 is 0 Å². The van der Waals surface area contributed by atoms with Crippen molar-refractivity contribution in [1.29, 1.82) is 0 Å². The molecule has 0 fully saturated rings. The van der Waals surface area contributed by atoms with Crippen LogP contribution in [0.2, 0.25) is 0 Å². The Hall–Kier alpha value is -6.38. The van der Waals surface area contributed by atoms with Gasteiger partial charge in [-0.1, -0.05) is 147 Å². The van der Waals surface area contributed by atoms with Gasteiger partial charge in [-0.25, -0.2) is 0 Å². The lowest BCUT2D eigenvalue weighted by Crippen LogP contribution is -2.24. The summed E-state index contributed by atoms with van der Waals surface area (Å²) in [5, 5.41) is 5.16. The summed E-state index contributed by atoms with van der Waals surface area (Å²) in [6.07, 6.45) is 9.24. The van der Waals surface area contributed by atoms with Crippen LogP contribution < -0.4 is 0 Å². The largest absolute Gasteiger partial charge is 0.309 e. The summed E-state index contributed by atoms with van der Waals surface area (Å²) >= 11 is 0. The van der Waals surface area contributed by atoms with Gasteiger partial charge in [0.1, 0.15) is 0 Å². The van der Waals surface area contributed by atoms with E-state index in [0.717, 1.165) is 5.69 Å². The molecule has 2 nitrogen and oxygen atoms in total. The first kappa shape index (κ1) is 30.3. The van der Waals surface area contributed by atoms with Crippen LogP contribution in [0, 0.1) is 5.92 Å². The fraction of sp³-hybridized carbons (Fsp3) is 0.0980. The van der Waals surface area contributed by atoms with Crippen LogP contribution in [0.1, 0.15) is 30.9 Å². The van der Waals surface area contributed by atoms with Gasteiger partial charge in [0.05, 0.1) is 22.1 Å². The molecular formula is C51H38N2. The Balaban J connectivity index is 1.07. The molecule has 0 N–H and O–H groups in total. The summed E-state index contributed by atoms with van der Waals surface area (Å²) in [6.45, 7) is 4.84. The second-order valence-corrected chi connectivity index (χ2v) is 15.4. The van der Waals surface area contributed by atoms with E-state index >= 15 is 0 Å². The minimum Gasteiger partial charge on any atom is -0.309 e. The molecule has 0 aliphatic heterocycles. The van der Waals surface area contributed by atoms with Crippen molar-refractivity contribution in [3.05, 3.63) is 193 Å². The Bertz CT molecular complexity index is 2950. The average molecular weight is 679 g/mol. The first-order chi connectivity index (χ1) is 26.1. The highest BCUT2D eigenvalue weighted by Crippen LogP contribution is 2.53. The average Bonchev–Trinajstić information content (AvgIpc) is 3.81. The second kappa shape index (κ2) is 11.3. The van der Waals surface area contributed by atoms with Crippen LogP contribution in [0.3, 0.4) is 0 Å². The molecule has 2 heteroatoms. The van der Waals surface area contributed by atoms with Gasteiger partial charge in [0, 0.05) is 38.8 Å². The molecule has 0 spiro atoms. The maximum atomic E-state index is 2.50. The second-order valence-electron chi connectivity index (χ2n) is 15.4. The monoisotopic (exact) mass is 678 g/mol. The zero-order chi connectivity index (χ0) is 35.3. The Labute approximate surface area is 309 Å². The summed E-state index contributed by atoms with van der Waals surface area (Å²) in [5.74, 6) is 0.924. The van der Waals surface area contributed by atoms with Crippen molar-refractivity contribution in [2.75, 3.05) is 0 Å². The van der Waals surface area contributed by atoms with Gasteiger partial charge in [0.15, 0.2) is 0 Å². The van der Waals surface area contributed by atoms with Crippen molar-refractivity contribution >= 4 is 43.6 Å². The maximum Gasteiger partial charge on any atom is 0.0548 e. The van der Waals surface area contributed by atoms with Crippen LogP contribution in [-0.4, -0.2) is 9.13 Å². The van der Waals surface area contributed by atoms with Gasteiger partial charge in [0.25, 0.3) is 0 Å². The van der Waals surface area contributed by atoms with Crippen LogP contribution in [0.15, 0.2) is 182 Å². The van der Waals surface area contributed by atoms with Crippen molar-refractivity contribution in [2.24, 2.45) is 5.92 Å². The van der Waals surface area contributed by atoms with Gasteiger partial charge in [-0.15, -0.1) is 0 Å². The molecule has 2 unspecified atom stereocenters. The number of fused-ring (bicyclic) bond motifs is 10. The lowest BCUT2D eigenvalue weighted by atomic mass is 9.74. The molecule has 2 atom stereocenters. The fourth-order valence-corrected chi connectivity index (χ4v) is 9.67. The SMILES string of the molecule is CC1(C)c2cc(-n3c4ccccc4c4c5c6ccccc6n(-c6ccc(-c7ccc(-c8ccccc8)cc7)cc6)c5ccc43)ccc2C2C=CC=CC21. The molecule has 9 aromatic rings. The molecular weight excluding hydrogens is 641 g/mol. The third kappa shape index (κ3) is 4.39. The van der Waals surface area contributed by atoms with E-state index in [9.17, 15) is 0 Å². The predicted octanol–water partition coefficient (Wildman–Crippen LogP) is 13.3. The highest BCUT2D eigenvalue weighted by atomic mass is 15.0. The lowest BCUT2D eigenvalue weighted by Gasteiger charge is -2.29. The van der Waals surface area contributed by atoms with Crippen molar-refractivity contribution < 1.29 is 0 Å². The van der Waals surface area contributed by atoms with Crippen molar-refractivity contribution in [3.63, 3.8) is 0 Å². The number of nitrogens with zero attached hydrogens (tertiary/aromatic N) is 2. The molecule has 0 saturated carbocycles. The number of para-hydroxylation sites is 2. The molecule has 11 rings (SSSR count). The smallest absolute Gasteiger partial charge is 0.0548 e. The zero-order valence-corrected chi connectivity index (χ0v) is 29.9. The molecule has 2 aliphatic carbocycles. The van der Waals surface area contributed by atoms with Crippen LogP contribution in [0.25, 0.3) is 77.2 Å². The summed E-state index contributed by atoms with van der Waals surface area (Å²) in [4.78, 5) is 0. The van der Waals surface area contributed by atoms with Crippen LogP contribution >= 0.6 is 0 Å². The highest BCUT2D eigenvalue weighted by Gasteiger charge is 2.44. The molecule has 0 saturated heterocycles. The number of aromatic nitrogens is 2. The Kier molecular flexibility index (Phi) is 6.46. The number of rotatable bonds is 4. The van der Waals surface area contributed by atoms with Crippen molar-refractivity contribution in [1.82, 2.24) is 9.13 Å². The number of allylic oxidation sites excluding steroid dienone is 4. The van der Waals surface area contributed by atoms with Gasteiger partial charge in [-0.2, -0.15) is 0 Å². The zero-order valence-electron chi connectivity index (χ0n) is 29.9. The predicted molar refractivity (Wildman–Crippen MR) is 224 cm³/mol. The molecule has 0 radical (unpaired) electrons. The number of benzene rings is 7. The summed E-state index contributed by atoms with van der Waals surface area (Å²) in [5.41, 5.74) is 15.2. The summed E-state index contributed by atoms with van der Waals surface area (Å²) in [7, 11) is 0. The van der Waals surface area contributed by atoms with E-state index < -0.39 is 0 Å². The normalized spacial score (nSPS) is 17.2. The van der Waals surface area contributed by atoms with Gasteiger partial charge in [-0.05, 0) is 93.2 Å². The first-order valence-electron chi connectivity index (χ1n) is 18.8. The molecule has 252 valence electrons. The van der Waals surface area contributed by atoms with Crippen LogP contribution in [-0.2, 0) is 5.41 Å². The fourth-order valence-electron chi connectivity index (χ4n) is 9.67. The van der Waals surface area contributed by atoms with E-state index in [1.165, 1.54) is 82.7 Å². The third-order valence-corrected chi connectivity index (χ3v) is 12.2. The van der Waals surface area contributed by atoms with Gasteiger partial charge < -0.3 is 9.13 Å². The number of hydrogen-bond donors (Lipinski definition) is 0. The lowest BCUT2D eigenvalue weighted by molar-refractivity contribution is 0.394. The van der Waals surface area contributed by atoms with Crippen molar-refractivity contribution in [2.45, 2.75) is 25.2 Å². The Morgan fingerprint density at radius 3 is 1.55 bits per heavy atom. The standard InChI is InChI=1S/C51H38N2/c1-51(2)43-17-9-6-14-39(43)40-29-28-38(32-44(40)51)53-46-19-11-8-16-42(46)50-48(53)31-30-47-49(50)41-15-7-10-18-45(41)52(47)37-26-24-36(25-27-37)35-22-20-34(21-23-35)33-12-4-3-5-13-33/h3-32,39,43H,1-2H3. The van der Waals surface area contributed by atoms with E-state index in [0.29, 0.717) is 11.8 Å². The molecule has 7 aromatic carbocycles. The highest BCUT2D eigenvalue weighted by molar-refractivity contribution is 6.28. The molecule has 53 heavy (non-hydrogen) atoms. The van der Waals surface area contributed by atoms with E-state index in [-0.39, 0.29) is 5.41 Å². The summed E-state index contributed by atoms with van der Waals surface area (Å²) in [6, 6.07) is 58.3. The minimum absolute atomic E-state index is 0.0535. The summed E-state index contributed by atoms with van der Waals surface area (Å²) < 4.78 is 4.94. The van der Waals surface area contributed by atoms with Gasteiger partial charge in [-0.3, -0.25) is 0 Å². The van der Waals surface area contributed by atoms with E-state index in [1.54, 1.807) is 0 Å². The van der Waals surface area contributed by atoms with E-state index in [4.69, 9.17) is 0 Å². The third-order valence-electron chi connectivity index (χ3n) is 12.2. The Morgan fingerprint density at radius 1 is 0.434 bits per heavy atom. The van der Waals surface area contributed by atoms with E-state index in [1.807, 2.05) is 0 Å².